The van der Waals surface area contributed by atoms with Gasteiger partial charge in [0, 0.05) is 20.2 Å². The van der Waals surface area contributed by atoms with Crippen molar-refractivity contribution in [1.82, 2.24) is 10.2 Å². The first-order valence-corrected chi connectivity index (χ1v) is 8.36. The predicted molar refractivity (Wildman–Crippen MR) is 98.3 cm³/mol. The molecule has 0 radical (unpaired) electrons. The molecule has 1 amide bonds. The molecule has 0 saturated heterocycles. The first-order chi connectivity index (χ1) is 12.5. The average molecular weight is 360 g/mol. The van der Waals surface area contributed by atoms with Crippen molar-refractivity contribution >= 4 is 5.91 Å². The molecule has 0 fully saturated rings. The number of likely N-dealkylation sites (N-methyl/N-ethyl adjacent to an activating group) is 1. The fourth-order valence-corrected chi connectivity index (χ4v) is 2.60. The Morgan fingerprint density at radius 1 is 1.08 bits per heavy atom. The number of ether oxygens (including phenoxy) is 2. The zero-order chi connectivity index (χ0) is 18.9. The Balaban J connectivity index is 1.78. The lowest BCUT2D eigenvalue weighted by molar-refractivity contribution is -0.122. The van der Waals surface area contributed by atoms with Crippen molar-refractivity contribution in [3.63, 3.8) is 0 Å². The van der Waals surface area contributed by atoms with Crippen LogP contribution in [0.2, 0.25) is 0 Å². The molecule has 0 aliphatic heterocycles. The highest BCUT2D eigenvalue weighted by Gasteiger charge is 2.09. The van der Waals surface area contributed by atoms with Crippen molar-refractivity contribution in [2.75, 3.05) is 27.8 Å². The maximum Gasteiger partial charge on any atom is 0.234 e. The summed E-state index contributed by atoms with van der Waals surface area (Å²) in [7, 11) is 4.91. The third-order valence-electron chi connectivity index (χ3n) is 3.91. The monoisotopic (exact) mass is 360 g/mol. The van der Waals surface area contributed by atoms with Crippen LogP contribution in [0.4, 0.5) is 4.39 Å². The zero-order valence-corrected chi connectivity index (χ0v) is 15.4. The van der Waals surface area contributed by atoms with E-state index >= 15 is 0 Å². The summed E-state index contributed by atoms with van der Waals surface area (Å²) in [5.41, 5.74) is 2.90. The number of hydrogen-bond acceptors (Lipinski definition) is 4. The van der Waals surface area contributed by atoms with Gasteiger partial charge >= 0.3 is 0 Å². The van der Waals surface area contributed by atoms with E-state index in [1.165, 1.54) is 13.2 Å². The highest BCUT2D eigenvalue weighted by atomic mass is 19.1. The van der Waals surface area contributed by atoms with Gasteiger partial charge in [0.05, 0.1) is 20.3 Å². The Kier molecular flexibility index (Phi) is 7.56. The van der Waals surface area contributed by atoms with Crippen molar-refractivity contribution in [3.05, 3.63) is 65.0 Å². The number of methoxy groups -OCH3 is 2. The Bertz CT molecular complexity index is 719. The van der Waals surface area contributed by atoms with Gasteiger partial charge in [0.25, 0.3) is 0 Å². The summed E-state index contributed by atoms with van der Waals surface area (Å²) in [6, 6.07) is 12.7. The number of halogens is 1. The quantitative estimate of drug-likeness (QED) is 0.747. The number of hydrogen-bond donors (Lipinski definition) is 1. The molecule has 6 heteroatoms. The molecular formula is C20H25FN2O3. The van der Waals surface area contributed by atoms with Gasteiger partial charge in [-0.3, -0.25) is 9.69 Å². The first-order valence-electron chi connectivity index (χ1n) is 8.36. The van der Waals surface area contributed by atoms with E-state index in [1.54, 1.807) is 19.2 Å². The van der Waals surface area contributed by atoms with E-state index in [9.17, 15) is 9.18 Å². The van der Waals surface area contributed by atoms with E-state index in [4.69, 9.17) is 9.47 Å². The van der Waals surface area contributed by atoms with E-state index in [-0.39, 0.29) is 18.2 Å². The fourth-order valence-electron chi connectivity index (χ4n) is 2.60. The minimum atomic E-state index is -0.403. The van der Waals surface area contributed by atoms with Crippen LogP contribution < -0.4 is 10.1 Å². The van der Waals surface area contributed by atoms with Gasteiger partial charge in [0.1, 0.15) is 0 Å². The van der Waals surface area contributed by atoms with Crippen LogP contribution in [0.3, 0.4) is 0 Å². The van der Waals surface area contributed by atoms with Gasteiger partial charge in [-0.15, -0.1) is 0 Å². The number of carbonyl (C=O) groups excluding carboxylic acids is 1. The second kappa shape index (κ2) is 9.89. The lowest BCUT2D eigenvalue weighted by Gasteiger charge is -2.17. The first kappa shape index (κ1) is 19.9. The molecule has 0 aliphatic carbocycles. The minimum absolute atomic E-state index is 0.0811. The molecule has 0 aliphatic rings. The fraction of sp³-hybridized carbons (Fsp3) is 0.350. The molecule has 0 unspecified atom stereocenters. The van der Waals surface area contributed by atoms with E-state index in [0.29, 0.717) is 19.7 Å². The number of nitrogens with zero attached hydrogens (tertiary/aromatic N) is 1. The Morgan fingerprint density at radius 2 is 1.73 bits per heavy atom. The van der Waals surface area contributed by atoms with E-state index in [2.05, 4.69) is 5.32 Å². The SMILES string of the molecule is COCc1ccc(CNC(=O)CN(C)Cc2ccc(OC)c(F)c2)cc1. The van der Waals surface area contributed by atoms with Gasteiger partial charge in [-0.05, 0) is 35.9 Å². The van der Waals surface area contributed by atoms with Crippen LogP contribution in [0.15, 0.2) is 42.5 Å². The second-order valence-electron chi connectivity index (χ2n) is 6.17. The summed E-state index contributed by atoms with van der Waals surface area (Å²) in [4.78, 5) is 13.9. The summed E-state index contributed by atoms with van der Waals surface area (Å²) >= 11 is 0. The Hall–Kier alpha value is -2.44. The molecule has 140 valence electrons. The lowest BCUT2D eigenvalue weighted by atomic mass is 10.1. The third-order valence-corrected chi connectivity index (χ3v) is 3.91. The standard InChI is InChI=1S/C20H25FN2O3/c1-23(12-17-8-9-19(26-3)18(21)10-17)13-20(24)22-11-15-4-6-16(7-5-15)14-25-2/h4-10H,11-14H2,1-3H3,(H,22,24). The Labute approximate surface area is 153 Å². The van der Waals surface area contributed by atoms with Gasteiger partial charge in [-0.1, -0.05) is 30.3 Å². The van der Waals surface area contributed by atoms with Gasteiger partial charge in [0.15, 0.2) is 11.6 Å². The maximum atomic E-state index is 13.7. The highest BCUT2D eigenvalue weighted by Crippen LogP contribution is 2.18. The smallest absolute Gasteiger partial charge is 0.234 e. The molecule has 0 saturated carbocycles. The molecule has 2 aromatic carbocycles. The highest BCUT2D eigenvalue weighted by molar-refractivity contribution is 5.77. The number of nitrogens with one attached hydrogen (secondary N) is 1. The minimum Gasteiger partial charge on any atom is -0.494 e. The summed E-state index contributed by atoms with van der Waals surface area (Å²) in [5, 5.41) is 2.89. The summed E-state index contributed by atoms with van der Waals surface area (Å²) in [6.45, 7) is 1.75. The van der Waals surface area contributed by atoms with Crippen molar-refractivity contribution in [3.8, 4) is 5.75 Å². The van der Waals surface area contributed by atoms with Crippen LogP contribution in [-0.2, 0) is 29.2 Å². The molecule has 0 atom stereocenters. The second-order valence-corrected chi connectivity index (χ2v) is 6.17. The van der Waals surface area contributed by atoms with Crippen molar-refractivity contribution in [1.29, 1.82) is 0 Å². The maximum absolute atomic E-state index is 13.7. The van der Waals surface area contributed by atoms with Gasteiger partial charge in [-0.2, -0.15) is 0 Å². The van der Waals surface area contributed by atoms with Crippen LogP contribution in [0.5, 0.6) is 5.75 Å². The number of rotatable bonds is 9. The molecule has 1 N–H and O–H groups in total. The lowest BCUT2D eigenvalue weighted by Crippen LogP contribution is -2.34. The van der Waals surface area contributed by atoms with Crippen molar-refractivity contribution in [2.45, 2.75) is 19.7 Å². The van der Waals surface area contributed by atoms with Gasteiger partial charge in [0.2, 0.25) is 5.91 Å². The molecule has 2 aromatic rings. The van der Waals surface area contributed by atoms with Crippen LogP contribution in [0, 0.1) is 5.82 Å². The molecule has 0 aromatic heterocycles. The molecule has 0 spiro atoms. The normalized spacial score (nSPS) is 10.8. The van der Waals surface area contributed by atoms with Gasteiger partial charge < -0.3 is 14.8 Å². The molecule has 0 heterocycles. The van der Waals surface area contributed by atoms with Crippen LogP contribution >= 0.6 is 0 Å². The average Bonchev–Trinajstić information content (AvgIpc) is 2.61. The van der Waals surface area contributed by atoms with Crippen LogP contribution in [0.1, 0.15) is 16.7 Å². The Morgan fingerprint density at radius 3 is 2.35 bits per heavy atom. The van der Waals surface area contributed by atoms with Crippen LogP contribution in [-0.4, -0.2) is 38.6 Å². The summed E-state index contributed by atoms with van der Waals surface area (Å²) in [5.74, 6) is -0.270. The van der Waals surface area contributed by atoms with Gasteiger partial charge in [-0.25, -0.2) is 4.39 Å². The summed E-state index contributed by atoms with van der Waals surface area (Å²) in [6.07, 6.45) is 0. The molecule has 26 heavy (non-hydrogen) atoms. The molecule has 2 rings (SSSR count). The molecule has 0 bridgehead atoms. The van der Waals surface area contributed by atoms with Crippen LogP contribution in [0.25, 0.3) is 0 Å². The topological polar surface area (TPSA) is 50.8 Å². The third kappa shape index (κ3) is 6.13. The molecule has 5 nitrogen and oxygen atoms in total. The number of amides is 1. The predicted octanol–water partition coefficient (Wildman–Crippen LogP) is 2.73. The van der Waals surface area contributed by atoms with E-state index in [0.717, 1.165) is 16.7 Å². The van der Waals surface area contributed by atoms with Crippen molar-refractivity contribution in [2.24, 2.45) is 0 Å². The largest absolute Gasteiger partial charge is 0.494 e. The number of benzene rings is 2. The van der Waals surface area contributed by atoms with Crippen molar-refractivity contribution < 1.29 is 18.7 Å². The molecular weight excluding hydrogens is 335 g/mol. The number of carbonyl (C=O) groups is 1. The van der Waals surface area contributed by atoms with E-state index in [1.807, 2.05) is 36.2 Å². The summed E-state index contributed by atoms with van der Waals surface area (Å²) < 4.78 is 23.7. The zero-order valence-electron chi connectivity index (χ0n) is 15.4. The van der Waals surface area contributed by atoms with E-state index < -0.39 is 5.82 Å².